The molecule has 1 N–H and O–H groups in total. The molecule has 0 unspecified atom stereocenters. The Hall–Kier alpha value is -3.04. The largest absolute Gasteiger partial charge is 0.569 e. The average Bonchev–Trinajstić information content (AvgIpc) is 2.69. The minimum atomic E-state index is 0.640. The smallest absolute Gasteiger partial charge is 0.537 e. The lowest BCUT2D eigenvalue weighted by Gasteiger charge is -2.12. The van der Waals surface area contributed by atoms with Gasteiger partial charge >= 0.3 is 7.69 Å². The van der Waals surface area contributed by atoms with Crippen molar-refractivity contribution in [1.82, 2.24) is 0 Å². The third-order valence-electron chi connectivity index (χ3n) is 4.34. The monoisotopic (exact) mass is 323 g/mol. The van der Waals surface area contributed by atoms with Gasteiger partial charge in [-0.2, -0.15) is 0 Å². The van der Waals surface area contributed by atoms with E-state index in [0.29, 0.717) is 5.75 Å². The maximum atomic E-state index is 8.98. The van der Waals surface area contributed by atoms with Gasteiger partial charge in [0.15, 0.2) is 0 Å². The summed E-state index contributed by atoms with van der Waals surface area (Å²) >= 11 is 0. The van der Waals surface area contributed by atoms with Crippen LogP contribution >= 0.6 is 0 Å². The van der Waals surface area contributed by atoms with Crippen molar-refractivity contribution in [2.75, 3.05) is 0 Å². The maximum Gasteiger partial charge on any atom is 0.569 e. The van der Waals surface area contributed by atoms with Crippen LogP contribution in [0.1, 0.15) is 0 Å². The molecule has 3 heteroatoms. The van der Waals surface area contributed by atoms with Crippen molar-refractivity contribution in [3.05, 3.63) is 91.0 Å². The van der Waals surface area contributed by atoms with Crippen LogP contribution in [0.5, 0.6) is 5.75 Å². The summed E-state index contributed by atoms with van der Waals surface area (Å²) < 4.78 is 5.23. The Morgan fingerprint density at radius 2 is 1.28 bits per heavy atom. The predicted octanol–water partition coefficient (Wildman–Crippen LogP) is 5.08. The van der Waals surface area contributed by atoms with Gasteiger partial charge < -0.3 is 9.68 Å². The Morgan fingerprint density at radius 3 is 2.08 bits per heavy atom. The molecule has 0 spiro atoms. The van der Waals surface area contributed by atoms with Crippen LogP contribution in [0.3, 0.4) is 0 Å². The van der Waals surface area contributed by atoms with Crippen molar-refractivity contribution in [3.63, 3.8) is 0 Å². The van der Waals surface area contributed by atoms with Crippen molar-refractivity contribution in [3.8, 4) is 28.0 Å². The molecule has 0 aromatic heterocycles. The second kappa shape index (κ2) is 6.84. The first kappa shape index (κ1) is 15.5. The number of benzene rings is 4. The zero-order chi connectivity index (χ0) is 17.1. The minimum Gasteiger partial charge on any atom is -0.537 e. The van der Waals surface area contributed by atoms with E-state index in [9.17, 15) is 0 Å². The van der Waals surface area contributed by atoms with Gasteiger partial charge in [-0.1, -0.05) is 78.9 Å². The highest BCUT2D eigenvalue weighted by molar-refractivity contribution is 6.18. The number of hydrogen-bond donors (Lipinski definition) is 1. The van der Waals surface area contributed by atoms with E-state index in [1.54, 1.807) is 0 Å². The lowest BCUT2D eigenvalue weighted by atomic mass is 9.95. The summed E-state index contributed by atoms with van der Waals surface area (Å²) in [6.07, 6.45) is 0. The molecule has 0 saturated heterocycles. The molecule has 2 nitrogen and oxygen atoms in total. The van der Waals surface area contributed by atoms with Gasteiger partial charge in [0, 0.05) is 5.39 Å². The van der Waals surface area contributed by atoms with E-state index in [0.717, 1.165) is 29.6 Å². The van der Waals surface area contributed by atoms with Crippen LogP contribution in [0.15, 0.2) is 91.0 Å². The number of hydrogen-bond acceptors (Lipinski definition) is 2. The molecule has 0 aliphatic heterocycles. The molecule has 0 heterocycles. The second-order valence-electron chi connectivity index (χ2n) is 5.83. The Morgan fingerprint density at radius 1 is 0.600 bits per heavy atom. The highest BCUT2D eigenvalue weighted by atomic mass is 16.5. The van der Waals surface area contributed by atoms with Crippen LogP contribution in [-0.2, 0) is 0 Å². The molecule has 0 amide bonds. The number of fused-ring (bicyclic) bond motifs is 1. The van der Waals surface area contributed by atoms with Crippen molar-refractivity contribution in [2.24, 2.45) is 0 Å². The van der Waals surface area contributed by atoms with Gasteiger partial charge in [-0.05, 0) is 39.8 Å². The zero-order valence-electron chi connectivity index (χ0n) is 13.6. The molecule has 0 bridgehead atoms. The normalized spacial score (nSPS) is 10.6. The predicted molar refractivity (Wildman–Crippen MR) is 103 cm³/mol. The summed E-state index contributed by atoms with van der Waals surface area (Å²) in [4.78, 5) is 0. The van der Waals surface area contributed by atoms with Crippen molar-refractivity contribution in [2.45, 2.75) is 0 Å². The summed E-state index contributed by atoms with van der Waals surface area (Å²) in [5.41, 5.74) is 4.67. The standard InChI is InChI=1S/C22H16BO2/c24-23-25-22-14-13-19(20-11-4-5-12-21(20)22)18-10-6-9-17(15-18)16-7-2-1-3-8-16/h1-15,24H. The van der Waals surface area contributed by atoms with Gasteiger partial charge in [-0.3, -0.25) is 0 Å². The van der Waals surface area contributed by atoms with Crippen LogP contribution < -0.4 is 4.65 Å². The average molecular weight is 323 g/mol. The van der Waals surface area contributed by atoms with Crippen LogP contribution in [0.4, 0.5) is 0 Å². The van der Waals surface area contributed by atoms with Crippen LogP contribution in [-0.4, -0.2) is 12.7 Å². The summed E-state index contributed by atoms with van der Waals surface area (Å²) in [6.45, 7) is 0. The Balaban J connectivity index is 1.87. The van der Waals surface area contributed by atoms with Crippen LogP contribution in [0.25, 0.3) is 33.0 Å². The molecule has 0 atom stereocenters. The molecular formula is C22H16BO2. The quantitative estimate of drug-likeness (QED) is 0.531. The van der Waals surface area contributed by atoms with Gasteiger partial charge in [0.2, 0.25) is 0 Å². The van der Waals surface area contributed by atoms with Gasteiger partial charge in [0.05, 0.1) is 0 Å². The first-order valence-corrected chi connectivity index (χ1v) is 8.17. The molecular weight excluding hydrogens is 307 g/mol. The van der Waals surface area contributed by atoms with Crippen molar-refractivity contribution >= 4 is 18.5 Å². The molecule has 4 rings (SSSR count). The van der Waals surface area contributed by atoms with E-state index in [2.05, 4.69) is 54.6 Å². The lowest BCUT2D eigenvalue weighted by Crippen LogP contribution is -2.00. The molecule has 1 radical (unpaired) electrons. The molecule has 119 valence electrons. The zero-order valence-corrected chi connectivity index (χ0v) is 13.6. The fourth-order valence-corrected chi connectivity index (χ4v) is 3.18. The Bertz CT molecular complexity index is 1010. The topological polar surface area (TPSA) is 29.5 Å². The Kier molecular flexibility index (Phi) is 4.24. The fraction of sp³-hybridized carbons (Fsp3) is 0. The highest BCUT2D eigenvalue weighted by Crippen LogP contribution is 2.35. The summed E-state index contributed by atoms with van der Waals surface area (Å²) in [5.74, 6) is 0.640. The fourth-order valence-electron chi connectivity index (χ4n) is 3.18. The van der Waals surface area contributed by atoms with E-state index < -0.39 is 0 Å². The van der Waals surface area contributed by atoms with Gasteiger partial charge in [0.25, 0.3) is 0 Å². The second-order valence-corrected chi connectivity index (χ2v) is 5.83. The SMILES string of the molecule is O[B]Oc1ccc(-c2cccc(-c3ccccc3)c2)c2ccccc12. The van der Waals surface area contributed by atoms with Crippen molar-refractivity contribution in [1.29, 1.82) is 0 Å². The van der Waals surface area contributed by atoms with Crippen LogP contribution in [0.2, 0.25) is 0 Å². The van der Waals surface area contributed by atoms with Gasteiger partial charge in [-0.25, -0.2) is 0 Å². The molecule has 0 fully saturated rings. The Labute approximate surface area is 147 Å². The molecule has 0 saturated carbocycles. The molecule has 25 heavy (non-hydrogen) atoms. The maximum absolute atomic E-state index is 8.98. The first-order valence-electron chi connectivity index (χ1n) is 8.17. The van der Waals surface area contributed by atoms with Crippen molar-refractivity contribution < 1.29 is 9.68 Å². The van der Waals surface area contributed by atoms with E-state index in [4.69, 9.17) is 9.68 Å². The summed E-state index contributed by atoms with van der Waals surface area (Å²) in [7, 11) is 0.720. The lowest BCUT2D eigenvalue weighted by molar-refractivity contribution is 0.457. The molecule has 0 aliphatic rings. The van der Waals surface area contributed by atoms with E-state index in [-0.39, 0.29) is 0 Å². The summed E-state index contributed by atoms with van der Waals surface area (Å²) in [6, 6.07) is 30.9. The highest BCUT2D eigenvalue weighted by Gasteiger charge is 2.09. The van der Waals surface area contributed by atoms with Gasteiger partial charge in [0.1, 0.15) is 5.75 Å². The van der Waals surface area contributed by atoms with Crippen LogP contribution in [0, 0.1) is 0 Å². The van der Waals surface area contributed by atoms with Gasteiger partial charge in [-0.15, -0.1) is 0 Å². The first-order chi connectivity index (χ1) is 12.4. The molecule has 4 aromatic rings. The molecule has 4 aromatic carbocycles. The minimum absolute atomic E-state index is 0.640. The third kappa shape index (κ3) is 3.02. The summed E-state index contributed by atoms with van der Waals surface area (Å²) in [5, 5.41) is 11.0. The van der Waals surface area contributed by atoms with E-state index in [1.165, 1.54) is 11.1 Å². The number of rotatable bonds is 4. The third-order valence-corrected chi connectivity index (χ3v) is 4.34. The van der Waals surface area contributed by atoms with E-state index in [1.807, 2.05) is 36.4 Å². The van der Waals surface area contributed by atoms with E-state index >= 15 is 0 Å². The molecule has 0 aliphatic carbocycles.